The summed E-state index contributed by atoms with van der Waals surface area (Å²) in [5.74, 6) is -0.276. The lowest BCUT2D eigenvalue weighted by Gasteiger charge is -2.08. The molecule has 0 saturated heterocycles. The first-order chi connectivity index (χ1) is 10.7. The SMILES string of the molecule is CCCCNC(=O)CNC(=O)Cc1cccc2ccccc12. The highest BCUT2D eigenvalue weighted by Crippen LogP contribution is 2.18. The molecule has 0 unspecified atom stereocenters. The van der Waals surface area contributed by atoms with Crippen molar-refractivity contribution in [3.63, 3.8) is 0 Å². The van der Waals surface area contributed by atoms with E-state index in [4.69, 9.17) is 0 Å². The van der Waals surface area contributed by atoms with E-state index in [0.29, 0.717) is 6.54 Å². The second-order valence-corrected chi connectivity index (χ2v) is 5.30. The van der Waals surface area contributed by atoms with Crippen LogP contribution in [0.25, 0.3) is 10.8 Å². The summed E-state index contributed by atoms with van der Waals surface area (Å²) in [6, 6.07) is 13.9. The Morgan fingerprint density at radius 1 is 0.955 bits per heavy atom. The summed E-state index contributed by atoms with van der Waals surface area (Å²) in [7, 11) is 0. The van der Waals surface area contributed by atoms with Crippen LogP contribution in [0.15, 0.2) is 42.5 Å². The molecule has 0 aliphatic rings. The van der Waals surface area contributed by atoms with Crippen molar-refractivity contribution in [2.45, 2.75) is 26.2 Å². The summed E-state index contributed by atoms with van der Waals surface area (Å²) in [5.41, 5.74) is 0.974. The monoisotopic (exact) mass is 298 g/mol. The minimum Gasteiger partial charge on any atom is -0.355 e. The number of carbonyl (C=O) groups excluding carboxylic acids is 2. The van der Waals surface area contributed by atoms with Gasteiger partial charge in [-0.15, -0.1) is 0 Å². The topological polar surface area (TPSA) is 58.2 Å². The molecule has 2 N–H and O–H groups in total. The molecule has 2 rings (SSSR count). The fourth-order valence-electron chi connectivity index (χ4n) is 2.33. The highest BCUT2D eigenvalue weighted by Gasteiger charge is 2.08. The first-order valence-electron chi connectivity index (χ1n) is 7.70. The fourth-order valence-corrected chi connectivity index (χ4v) is 2.33. The average molecular weight is 298 g/mol. The second-order valence-electron chi connectivity index (χ2n) is 5.30. The van der Waals surface area contributed by atoms with Crippen molar-refractivity contribution in [3.8, 4) is 0 Å². The zero-order valence-electron chi connectivity index (χ0n) is 12.9. The lowest BCUT2D eigenvalue weighted by molar-refractivity contribution is -0.125. The lowest BCUT2D eigenvalue weighted by Crippen LogP contribution is -2.37. The molecular formula is C18H22N2O2. The quantitative estimate of drug-likeness (QED) is 0.771. The molecule has 0 radical (unpaired) electrons. The summed E-state index contributed by atoms with van der Waals surface area (Å²) in [4.78, 5) is 23.6. The number of benzene rings is 2. The Morgan fingerprint density at radius 3 is 2.55 bits per heavy atom. The van der Waals surface area contributed by atoms with Crippen LogP contribution < -0.4 is 10.6 Å². The van der Waals surface area contributed by atoms with Gasteiger partial charge in [0.25, 0.3) is 0 Å². The van der Waals surface area contributed by atoms with Gasteiger partial charge in [-0.25, -0.2) is 0 Å². The Bertz CT molecular complexity index is 647. The highest BCUT2D eigenvalue weighted by molar-refractivity contribution is 5.91. The standard InChI is InChI=1S/C18H22N2O2/c1-2-3-11-19-18(22)13-20-17(21)12-15-9-6-8-14-7-4-5-10-16(14)15/h4-10H,2-3,11-13H2,1H3,(H,19,22)(H,20,21). The summed E-state index contributed by atoms with van der Waals surface area (Å²) in [6.07, 6.45) is 2.27. The van der Waals surface area contributed by atoms with E-state index < -0.39 is 0 Å². The molecule has 0 aromatic heterocycles. The molecule has 2 aromatic rings. The number of unbranched alkanes of at least 4 members (excludes halogenated alkanes) is 1. The van der Waals surface area contributed by atoms with Crippen LogP contribution >= 0.6 is 0 Å². The summed E-state index contributed by atoms with van der Waals surface area (Å²) >= 11 is 0. The zero-order chi connectivity index (χ0) is 15.8. The summed E-state index contributed by atoms with van der Waals surface area (Å²) in [6.45, 7) is 2.76. The zero-order valence-corrected chi connectivity index (χ0v) is 12.9. The molecule has 2 amide bonds. The lowest BCUT2D eigenvalue weighted by atomic mass is 10.0. The van der Waals surface area contributed by atoms with E-state index in [1.54, 1.807) is 0 Å². The number of fused-ring (bicyclic) bond motifs is 1. The molecule has 0 fully saturated rings. The Hall–Kier alpha value is -2.36. The van der Waals surface area contributed by atoms with Crippen molar-refractivity contribution in [1.82, 2.24) is 10.6 Å². The second kappa shape index (κ2) is 8.17. The molecule has 22 heavy (non-hydrogen) atoms. The molecule has 0 spiro atoms. The first kappa shape index (κ1) is 16.0. The third-order valence-electron chi connectivity index (χ3n) is 3.53. The van der Waals surface area contributed by atoms with Crippen LogP contribution in [0.5, 0.6) is 0 Å². The van der Waals surface area contributed by atoms with Crippen LogP contribution in [-0.4, -0.2) is 24.9 Å². The molecule has 2 aromatic carbocycles. The van der Waals surface area contributed by atoms with Crippen LogP contribution in [0.4, 0.5) is 0 Å². The van der Waals surface area contributed by atoms with Crippen LogP contribution in [0.1, 0.15) is 25.3 Å². The van der Waals surface area contributed by atoms with Gasteiger partial charge in [0.15, 0.2) is 0 Å². The fraction of sp³-hybridized carbons (Fsp3) is 0.333. The molecule has 0 aliphatic carbocycles. The van der Waals surface area contributed by atoms with E-state index in [0.717, 1.165) is 29.2 Å². The van der Waals surface area contributed by atoms with E-state index in [1.807, 2.05) is 42.5 Å². The molecule has 116 valence electrons. The molecule has 0 atom stereocenters. The van der Waals surface area contributed by atoms with Gasteiger partial charge in [0.1, 0.15) is 0 Å². The minimum atomic E-state index is -0.139. The third kappa shape index (κ3) is 4.58. The number of nitrogens with one attached hydrogen (secondary N) is 2. The highest BCUT2D eigenvalue weighted by atomic mass is 16.2. The van der Waals surface area contributed by atoms with Gasteiger partial charge in [-0.2, -0.15) is 0 Å². The molecule has 0 heterocycles. The predicted octanol–water partition coefficient (Wildman–Crippen LogP) is 2.41. The van der Waals surface area contributed by atoms with E-state index in [-0.39, 0.29) is 24.8 Å². The first-order valence-corrected chi connectivity index (χ1v) is 7.70. The molecule has 0 aliphatic heterocycles. The Balaban J connectivity index is 1.87. The van der Waals surface area contributed by atoms with Gasteiger partial charge in [0.2, 0.25) is 11.8 Å². The normalized spacial score (nSPS) is 10.4. The Kier molecular flexibility index (Phi) is 5.95. The van der Waals surface area contributed by atoms with E-state index in [1.165, 1.54) is 0 Å². The number of amides is 2. The van der Waals surface area contributed by atoms with Crippen LogP contribution in [0, 0.1) is 0 Å². The number of rotatable bonds is 7. The number of carbonyl (C=O) groups is 2. The van der Waals surface area contributed by atoms with Crippen molar-refractivity contribution in [3.05, 3.63) is 48.0 Å². The van der Waals surface area contributed by atoms with Crippen molar-refractivity contribution >= 4 is 22.6 Å². The van der Waals surface area contributed by atoms with Gasteiger partial charge in [0.05, 0.1) is 13.0 Å². The third-order valence-corrected chi connectivity index (χ3v) is 3.53. The summed E-state index contributed by atoms with van der Waals surface area (Å²) in [5, 5.41) is 7.64. The van der Waals surface area contributed by atoms with Gasteiger partial charge in [-0.3, -0.25) is 9.59 Å². The van der Waals surface area contributed by atoms with E-state index in [9.17, 15) is 9.59 Å². The largest absolute Gasteiger partial charge is 0.355 e. The summed E-state index contributed by atoms with van der Waals surface area (Å²) < 4.78 is 0. The maximum atomic E-state index is 12.0. The van der Waals surface area contributed by atoms with Crippen LogP contribution in [0.3, 0.4) is 0 Å². The average Bonchev–Trinajstić information content (AvgIpc) is 2.54. The van der Waals surface area contributed by atoms with Crippen molar-refractivity contribution in [1.29, 1.82) is 0 Å². The molecule has 0 saturated carbocycles. The van der Waals surface area contributed by atoms with Gasteiger partial charge in [-0.1, -0.05) is 55.8 Å². The molecule has 4 nitrogen and oxygen atoms in total. The van der Waals surface area contributed by atoms with Crippen LogP contribution in [0.2, 0.25) is 0 Å². The maximum absolute atomic E-state index is 12.0. The Morgan fingerprint density at radius 2 is 1.73 bits per heavy atom. The van der Waals surface area contributed by atoms with E-state index in [2.05, 4.69) is 17.6 Å². The molecule has 0 bridgehead atoms. The molecular weight excluding hydrogens is 276 g/mol. The smallest absolute Gasteiger partial charge is 0.239 e. The molecule has 4 heteroatoms. The van der Waals surface area contributed by atoms with Gasteiger partial charge in [-0.05, 0) is 22.8 Å². The minimum absolute atomic E-state index is 0.0350. The van der Waals surface area contributed by atoms with Crippen molar-refractivity contribution in [2.75, 3.05) is 13.1 Å². The number of hydrogen-bond donors (Lipinski definition) is 2. The Labute approximate surface area is 130 Å². The number of hydrogen-bond acceptors (Lipinski definition) is 2. The van der Waals surface area contributed by atoms with Crippen molar-refractivity contribution in [2.24, 2.45) is 0 Å². The van der Waals surface area contributed by atoms with Gasteiger partial charge >= 0.3 is 0 Å². The maximum Gasteiger partial charge on any atom is 0.239 e. The predicted molar refractivity (Wildman–Crippen MR) is 88.6 cm³/mol. The van der Waals surface area contributed by atoms with Crippen LogP contribution in [-0.2, 0) is 16.0 Å². The van der Waals surface area contributed by atoms with Crippen molar-refractivity contribution < 1.29 is 9.59 Å². The van der Waals surface area contributed by atoms with E-state index >= 15 is 0 Å². The van der Waals surface area contributed by atoms with Gasteiger partial charge in [0, 0.05) is 6.54 Å². The van der Waals surface area contributed by atoms with Gasteiger partial charge < -0.3 is 10.6 Å².